The van der Waals surface area contributed by atoms with Crippen molar-refractivity contribution in [2.75, 3.05) is 11.9 Å². The van der Waals surface area contributed by atoms with Gasteiger partial charge in [-0.25, -0.2) is 14.8 Å². The van der Waals surface area contributed by atoms with Crippen LogP contribution in [-0.4, -0.2) is 33.6 Å². The lowest BCUT2D eigenvalue weighted by atomic mass is 10.2. The second-order valence-corrected chi connectivity index (χ2v) is 4.58. The molecule has 2 heterocycles. The fourth-order valence-electron chi connectivity index (χ4n) is 1.72. The summed E-state index contributed by atoms with van der Waals surface area (Å²) in [4.78, 5) is 35.6. The van der Waals surface area contributed by atoms with E-state index in [9.17, 15) is 9.59 Å². The van der Waals surface area contributed by atoms with E-state index in [1.165, 1.54) is 18.6 Å². The predicted molar refractivity (Wildman–Crippen MR) is 82.8 cm³/mol. The number of carbonyl (C=O) groups excluding carboxylic acids is 2. The first-order chi connectivity index (χ1) is 11.1. The normalized spacial score (nSPS) is 10.0. The van der Waals surface area contributed by atoms with E-state index in [0.717, 1.165) is 0 Å². The second-order valence-electron chi connectivity index (χ2n) is 4.58. The van der Waals surface area contributed by atoms with E-state index in [1.54, 1.807) is 26.0 Å². The molecule has 2 rings (SSSR count). The maximum Gasteiger partial charge on any atom is 0.407 e. The van der Waals surface area contributed by atoms with Gasteiger partial charge in [-0.1, -0.05) is 0 Å². The molecule has 0 bridgehead atoms. The molecule has 0 atom stereocenters. The van der Waals surface area contributed by atoms with Gasteiger partial charge in [0.2, 0.25) is 0 Å². The van der Waals surface area contributed by atoms with Crippen LogP contribution in [0.25, 0.3) is 0 Å². The molecule has 0 unspecified atom stereocenters. The molecule has 0 saturated carbocycles. The zero-order chi connectivity index (χ0) is 16.7. The van der Waals surface area contributed by atoms with Crippen molar-refractivity contribution in [3.63, 3.8) is 0 Å². The van der Waals surface area contributed by atoms with E-state index in [4.69, 9.17) is 4.74 Å². The molecule has 0 saturated heterocycles. The van der Waals surface area contributed by atoms with Gasteiger partial charge >= 0.3 is 6.09 Å². The molecule has 0 aliphatic heterocycles. The van der Waals surface area contributed by atoms with E-state index in [-0.39, 0.29) is 12.5 Å². The molecule has 0 radical (unpaired) electrons. The molecule has 2 N–H and O–H groups in total. The molecule has 2 amide bonds. The number of hydrogen-bond acceptors (Lipinski definition) is 6. The second kappa shape index (κ2) is 7.83. The van der Waals surface area contributed by atoms with Crippen molar-refractivity contribution < 1.29 is 14.3 Å². The Hall–Kier alpha value is -3.03. The molecular weight excluding hydrogens is 298 g/mol. The standard InChI is InChI=1S/C15H17N5O3/c1-3-23-15(22)19-7-12-6-11(4-5-16-12)14(21)20-13-8-17-10(2)18-9-13/h4-6,8-9H,3,7H2,1-2H3,(H,19,22)(H,20,21). The summed E-state index contributed by atoms with van der Waals surface area (Å²) in [5.41, 5.74) is 1.47. The van der Waals surface area contributed by atoms with Crippen LogP contribution >= 0.6 is 0 Å². The molecule has 0 aliphatic carbocycles. The van der Waals surface area contributed by atoms with Gasteiger partial charge in [-0.15, -0.1) is 0 Å². The average Bonchev–Trinajstić information content (AvgIpc) is 2.55. The van der Waals surface area contributed by atoms with Crippen LogP contribution in [0.3, 0.4) is 0 Å². The summed E-state index contributed by atoms with van der Waals surface area (Å²) in [6.45, 7) is 3.95. The number of aryl methyl sites for hydroxylation is 1. The number of anilines is 1. The van der Waals surface area contributed by atoms with Crippen LogP contribution in [0.15, 0.2) is 30.7 Å². The van der Waals surface area contributed by atoms with E-state index in [2.05, 4.69) is 25.6 Å². The summed E-state index contributed by atoms with van der Waals surface area (Å²) in [7, 11) is 0. The molecule has 0 fully saturated rings. The highest BCUT2D eigenvalue weighted by molar-refractivity contribution is 6.04. The fraction of sp³-hybridized carbons (Fsp3) is 0.267. The first kappa shape index (κ1) is 16.3. The van der Waals surface area contributed by atoms with Crippen LogP contribution in [-0.2, 0) is 11.3 Å². The van der Waals surface area contributed by atoms with Gasteiger partial charge < -0.3 is 15.4 Å². The Morgan fingerprint density at radius 3 is 2.65 bits per heavy atom. The fourth-order valence-corrected chi connectivity index (χ4v) is 1.72. The third kappa shape index (κ3) is 5.03. The first-order valence-electron chi connectivity index (χ1n) is 7.04. The van der Waals surface area contributed by atoms with Crippen LogP contribution in [0.2, 0.25) is 0 Å². The largest absolute Gasteiger partial charge is 0.450 e. The summed E-state index contributed by atoms with van der Waals surface area (Å²) < 4.78 is 4.76. The molecule has 8 nitrogen and oxygen atoms in total. The van der Waals surface area contributed by atoms with E-state index in [0.29, 0.717) is 29.4 Å². The number of nitrogens with zero attached hydrogens (tertiary/aromatic N) is 3. The Balaban J connectivity index is 1.99. The van der Waals surface area contributed by atoms with Crippen molar-refractivity contribution in [3.05, 3.63) is 47.8 Å². The van der Waals surface area contributed by atoms with Crippen molar-refractivity contribution in [3.8, 4) is 0 Å². The van der Waals surface area contributed by atoms with Crippen LogP contribution in [0.4, 0.5) is 10.5 Å². The quantitative estimate of drug-likeness (QED) is 0.869. The summed E-state index contributed by atoms with van der Waals surface area (Å²) >= 11 is 0. The van der Waals surface area contributed by atoms with Gasteiger partial charge in [0.15, 0.2) is 0 Å². The monoisotopic (exact) mass is 315 g/mol. The summed E-state index contributed by atoms with van der Waals surface area (Å²) in [6.07, 6.45) is 4.04. The topological polar surface area (TPSA) is 106 Å². The van der Waals surface area contributed by atoms with Gasteiger partial charge in [-0.3, -0.25) is 9.78 Å². The maximum absolute atomic E-state index is 12.2. The number of rotatable bonds is 5. The minimum Gasteiger partial charge on any atom is -0.450 e. The highest BCUT2D eigenvalue weighted by Crippen LogP contribution is 2.08. The average molecular weight is 315 g/mol. The molecular formula is C15H17N5O3. The van der Waals surface area contributed by atoms with Crippen LogP contribution in [0.5, 0.6) is 0 Å². The van der Waals surface area contributed by atoms with Gasteiger partial charge in [0.05, 0.1) is 36.9 Å². The van der Waals surface area contributed by atoms with Crippen molar-refractivity contribution >= 4 is 17.7 Å². The van der Waals surface area contributed by atoms with Crippen molar-refractivity contribution in [2.45, 2.75) is 20.4 Å². The number of amides is 2. The molecule has 2 aromatic rings. The Kier molecular flexibility index (Phi) is 5.56. The van der Waals surface area contributed by atoms with Gasteiger partial charge in [0.25, 0.3) is 5.91 Å². The number of hydrogen-bond donors (Lipinski definition) is 2. The number of pyridine rings is 1. The zero-order valence-electron chi connectivity index (χ0n) is 12.9. The van der Waals surface area contributed by atoms with Gasteiger partial charge in [-0.05, 0) is 26.0 Å². The predicted octanol–water partition coefficient (Wildman–Crippen LogP) is 1.68. The zero-order valence-corrected chi connectivity index (χ0v) is 12.9. The van der Waals surface area contributed by atoms with Crippen molar-refractivity contribution in [2.24, 2.45) is 0 Å². The maximum atomic E-state index is 12.2. The summed E-state index contributed by atoms with van der Waals surface area (Å²) in [5, 5.41) is 5.24. The molecule has 23 heavy (non-hydrogen) atoms. The molecule has 0 spiro atoms. The van der Waals surface area contributed by atoms with E-state index >= 15 is 0 Å². The number of alkyl carbamates (subject to hydrolysis) is 1. The minimum atomic E-state index is -0.527. The molecule has 0 aliphatic rings. The summed E-state index contributed by atoms with van der Waals surface area (Å²) in [5.74, 6) is 0.316. The number of nitrogens with one attached hydrogen (secondary N) is 2. The number of carbonyl (C=O) groups is 2. The SMILES string of the molecule is CCOC(=O)NCc1cc(C(=O)Nc2cnc(C)nc2)ccn1. The Bertz CT molecular complexity index is 688. The third-order valence-electron chi connectivity index (χ3n) is 2.81. The third-order valence-corrected chi connectivity index (χ3v) is 2.81. The lowest BCUT2D eigenvalue weighted by Crippen LogP contribution is -2.24. The molecule has 8 heteroatoms. The minimum absolute atomic E-state index is 0.174. The van der Waals surface area contributed by atoms with Crippen LogP contribution < -0.4 is 10.6 Å². The van der Waals surface area contributed by atoms with Crippen molar-refractivity contribution in [1.82, 2.24) is 20.3 Å². The van der Waals surface area contributed by atoms with Crippen molar-refractivity contribution in [1.29, 1.82) is 0 Å². The van der Waals surface area contributed by atoms with E-state index in [1.807, 2.05) is 0 Å². The van der Waals surface area contributed by atoms with Gasteiger partial charge in [-0.2, -0.15) is 0 Å². The first-order valence-corrected chi connectivity index (χ1v) is 7.04. The van der Waals surface area contributed by atoms with Crippen LogP contribution in [0.1, 0.15) is 28.8 Å². The summed E-state index contributed by atoms with van der Waals surface area (Å²) in [6, 6.07) is 3.18. The Labute approximate surface area is 133 Å². The van der Waals surface area contributed by atoms with Gasteiger partial charge in [0, 0.05) is 11.8 Å². The molecule has 120 valence electrons. The Morgan fingerprint density at radius 2 is 1.96 bits per heavy atom. The highest BCUT2D eigenvalue weighted by atomic mass is 16.5. The number of aromatic nitrogens is 3. The van der Waals surface area contributed by atoms with Crippen LogP contribution in [0, 0.1) is 6.92 Å². The van der Waals surface area contributed by atoms with E-state index < -0.39 is 6.09 Å². The molecule has 0 aromatic carbocycles. The lowest BCUT2D eigenvalue weighted by molar-refractivity contribution is 0.102. The number of ether oxygens (including phenoxy) is 1. The smallest absolute Gasteiger partial charge is 0.407 e. The molecule has 2 aromatic heterocycles. The van der Waals surface area contributed by atoms with Gasteiger partial charge in [0.1, 0.15) is 5.82 Å². The highest BCUT2D eigenvalue weighted by Gasteiger charge is 2.09. The lowest BCUT2D eigenvalue weighted by Gasteiger charge is -2.07. The Morgan fingerprint density at radius 1 is 1.22 bits per heavy atom.